The van der Waals surface area contributed by atoms with Crippen LogP contribution in [0.2, 0.25) is 0 Å². The fourth-order valence-corrected chi connectivity index (χ4v) is 2.11. The van der Waals surface area contributed by atoms with Gasteiger partial charge in [-0.2, -0.15) is 0 Å². The summed E-state index contributed by atoms with van der Waals surface area (Å²) in [6.07, 6.45) is 0.851. The van der Waals surface area contributed by atoms with Crippen molar-refractivity contribution in [3.63, 3.8) is 0 Å². The van der Waals surface area contributed by atoms with E-state index in [1.165, 1.54) is 11.0 Å². The van der Waals surface area contributed by atoms with Gasteiger partial charge >= 0.3 is 15.2 Å². The molecule has 0 amide bonds. The highest BCUT2D eigenvalue weighted by Crippen LogP contribution is 2.35. The van der Waals surface area contributed by atoms with E-state index >= 15 is 0 Å². The summed E-state index contributed by atoms with van der Waals surface area (Å²) in [4.78, 5) is 36.2. The van der Waals surface area contributed by atoms with Gasteiger partial charge in [-0.15, -0.1) is 6.58 Å². The molecule has 0 atom stereocenters. The van der Waals surface area contributed by atoms with Crippen molar-refractivity contribution in [3.05, 3.63) is 12.7 Å². The average molecular weight is 273 g/mol. The molecule has 96 valence electrons. The summed E-state index contributed by atoms with van der Waals surface area (Å²) in [6.45, 7) is 3.95. The normalized spacial score (nSPS) is 13.1. The largest absolute Gasteiger partial charge is 0.326 e. The average Bonchev–Trinajstić information content (AvgIpc) is 2.07. The summed E-state index contributed by atoms with van der Waals surface area (Å²) < 4.78 is 21.3. The molecule has 0 aliphatic rings. The third-order valence-electron chi connectivity index (χ3n) is 1.80. The van der Waals surface area contributed by atoms with E-state index in [2.05, 4.69) is 6.58 Å². The molecule has 0 fully saturated rings. The summed E-state index contributed by atoms with van der Waals surface area (Å²) >= 11 is 0. The standard InChI is InChI=1S/C7H17NO6P2/c1-2-3-8(4-6-15(9,10)11)5-7-16(12,13)14/h2H,1,3-7H2,(H2,9,10,11)(H2,12,13,14). The van der Waals surface area contributed by atoms with Gasteiger partial charge < -0.3 is 19.6 Å². The van der Waals surface area contributed by atoms with E-state index in [0.29, 0.717) is 6.54 Å². The van der Waals surface area contributed by atoms with Crippen LogP contribution in [0.5, 0.6) is 0 Å². The minimum Gasteiger partial charge on any atom is -0.324 e. The molecule has 0 aromatic carbocycles. The Kier molecular flexibility index (Phi) is 6.67. The van der Waals surface area contributed by atoms with Gasteiger partial charge in [-0.25, -0.2) is 0 Å². The summed E-state index contributed by atoms with van der Waals surface area (Å²) in [7, 11) is -8.16. The maximum absolute atomic E-state index is 10.6. The molecule has 16 heavy (non-hydrogen) atoms. The van der Waals surface area contributed by atoms with Gasteiger partial charge in [0.25, 0.3) is 0 Å². The zero-order valence-electron chi connectivity index (χ0n) is 8.77. The van der Waals surface area contributed by atoms with Gasteiger partial charge in [0.05, 0.1) is 12.3 Å². The van der Waals surface area contributed by atoms with Crippen molar-refractivity contribution in [1.82, 2.24) is 4.90 Å². The first kappa shape index (κ1) is 16.0. The van der Waals surface area contributed by atoms with Crippen molar-refractivity contribution in [1.29, 1.82) is 0 Å². The second kappa shape index (κ2) is 6.67. The number of nitrogens with zero attached hydrogens (tertiary/aromatic N) is 1. The predicted molar refractivity (Wildman–Crippen MR) is 60.5 cm³/mol. The van der Waals surface area contributed by atoms with Crippen LogP contribution in [0.4, 0.5) is 0 Å². The minimum atomic E-state index is -4.08. The van der Waals surface area contributed by atoms with E-state index < -0.39 is 15.2 Å². The molecule has 0 spiro atoms. The Balaban J connectivity index is 4.12. The summed E-state index contributed by atoms with van der Waals surface area (Å²) in [5.74, 6) is 0. The lowest BCUT2D eigenvalue weighted by molar-refractivity contribution is 0.307. The molecule has 0 saturated carbocycles. The highest BCUT2D eigenvalue weighted by Gasteiger charge is 2.18. The van der Waals surface area contributed by atoms with Crippen molar-refractivity contribution in [3.8, 4) is 0 Å². The van der Waals surface area contributed by atoms with Gasteiger partial charge in [0.2, 0.25) is 0 Å². The van der Waals surface area contributed by atoms with E-state index in [4.69, 9.17) is 19.6 Å². The summed E-state index contributed by atoms with van der Waals surface area (Å²) in [6, 6.07) is 0. The zero-order valence-corrected chi connectivity index (χ0v) is 10.6. The number of hydrogen-bond donors (Lipinski definition) is 4. The van der Waals surface area contributed by atoms with Gasteiger partial charge in [-0.3, -0.25) is 14.0 Å². The Hall–Kier alpha value is -0.0000000000000000416. The molecule has 0 aliphatic carbocycles. The van der Waals surface area contributed by atoms with Crippen LogP contribution in [-0.4, -0.2) is 56.4 Å². The van der Waals surface area contributed by atoms with Crippen LogP contribution in [0.1, 0.15) is 0 Å². The molecule has 0 heterocycles. The molecule has 0 saturated heterocycles. The van der Waals surface area contributed by atoms with Crippen LogP contribution in [0, 0.1) is 0 Å². The third kappa shape index (κ3) is 10.5. The second-order valence-electron chi connectivity index (χ2n) is 3.37. The summed E-state index contributed by atoms with van der Waals surface area (Å²) in [5, 5.41) is 0. The Morgan fingerprint density at radius 2 is 1.38 bits per heavy atom. The monoisotopic (exact) mass is 273 g/mol. The predicted octanol–water partition coefficient (Wildman–Crippen LogP) is -0.170. The fraction of sp³-hybridized carbons (Fsp3) is 0.714. The molecule has 0 aliphatic heterocycles. The lowest BCUT2D eigenvalue weighted by atomic mass is 10.5. The van der Waals surface area contributed by atoms with Gasteiger partial charge in [0.1, 0.15) is 0 Å². The van der Waals surface area contributed by atoms with Gasteiger partial charge in [-0.1, -0.05) is 6.08 Å². The first-order valence-corrected chi connectivity index (χ1v) is 8.16. The Labute approximate surface area is 94.1 Å². The molecule has 0 rings (SSSR count). The van der Waals surface area contributed by atoms with Crippen molar-refractivity contribution < 1.29 is 28.7 Å². The number of rotatable bonds is 8. The molecular formula is C7H17NO6P2. The highest BCUT2D eigenvalue weighted by molar-refractivity contribution is 7.52. The maximum Gasteiger partial charge on any atom is 0.326 e. The van der Waals surface area contributed by atoms with Crippen molar-refractivity contribution in [2.45, 2.75) is 0 Å². The fourth-order valence-electron chi connectivity index (χ4n) is 1.02. The smallest absolute Gasteiger partial charge is 0.324 e. The van der Waals surface area contributed by atoms with E-state index in [1.54, 1.807) is 0 Å². The molecule has 0 unspecified atom stereocenters. The van der Waals surface area contributed by atoms with E-state index in [1.807, 2.05) is 0 Å². The van der Waals surface area contributed by atoms with Crippen molar-refractivity contribution in [2.24, 2.45) is 0 Å². The SMILES string of the molecule is C=CCN(CCP(=O)(O)O)CCP(=O)(O)O. The Bertz CT molecular complexity index is 282. The van der Waals surface area contributed by atoms with Crippen LogP contribution >= 0.6 is 15.2 Å². The molecule has 0 radical (unpaired) electrons. The lowest BCUT2D eigenvalue weighted by Crippen LogP contribution is -2.30. The number of hydrogen-bond acceptors (Lipinski definition) is 3. The minimum absolute atomic E-state index is 0.0797. The topological polar surface area (TPSA) is 118 Å². The second-order valence-corrected chi connectivity index (χ2v) is 6.92. The van der Waals surface area contributed by atoms with Crippen LogP contribution in [0.3, 0.4) is 0 Å². The molecule has 7 nitrogen and oxygen atoms in total. The van der Waals surface area contributed by atoms with Gasteiger partial charge in [0.15, 0.2) is 0 Å². The van der Waals surface area contributed by atoms with Crippen molar-refractivity contribution in [2.75, 3.05) is 32.0 Å². The lowest BCUT2D eigenvalue weighted by Gasteiger charge is -2.20. The molecular weight excluding hydrogens is 256 g/mol. The Morgan fingerprint density at radius 1 is 1.00 bits per heavy atom. The highest BCUT2D eigenvalue weighted by atomic mass is 31.2. The summed E-state index contributed by atoms with van der Waals surface area (Å²) in [5.41, 5.74) is 0. The molecule has 0 aromatic rings. The van der Waals surface area contributed by atoms with Crippen LogP contribution in [0.25, 0.3) is 0 Å². The quantitative estimate of drug-likeness (QED) is 0.358. The first-order valence-electron chi connectivity index (χ1n) is 4.56. The third-order valence-corrected chi connectivity index (χ3v) is 3.37. The van der Waals surface area contributed by atoms with Crippen LogP contribution in [0.15, 0.2) is 12.7 Å². The van der Waals surface area contributed by atoms with Crippen molar-refractivity contribution >= 4 is 15.2 Å². The molecule has 4 N–H and O–H groups in total. The van der Waals surface area contributed by atoms with Gasteiger partial charge in [-0.05, 0) is 0 Å². The van der Waals surface area contributed by atoms with E-state index in [9.17, 15) is 9.13 Å². The van der Waals surface area contributed by atoms with Gasteiger partial charge in [0, 0.05) is 19.6 Å². The maximum atomic E-state index is 10.6. The van der Waals surface area contributed by atoms with E-state index in [0.717, 1.165) is 0 Å². The molecule has 0 bridgehead atoms. The zero-order chi connectivity index (χ0) is 12.8. The molecule has 0 aromatic heterocycles. The van der Waals surface area contributed by atoms with E-state index in [-0.39, 0.29) is 25.4 Å². The molecule has 9 heteroatoms. The van der Waals surface area contributed by atoms with Crippen LogP contribution in [-0.2, 0) is 9.13 Å². The van der Waals surface area contributed by atoms with Crippen LogP contribution < -0.4 is 0 Å². The first-order chi connectivity index (χ1) is 7.14. The Morgan fingerprint density at radius 3 is 1.62 bits per heavy atom.